The maximum atomic E-state index is 13.5. The number of aromatic hydroxyl groups is 1. The average molecular weight is 677 g/mol. The SMILES string of the molecule is [2H]Oc1c(C)ncc(COC(=O)C(Cc2cn(CC(C)(C)C)nn2)(OC)OC)c1COC(=O)C(Cc1cn(CC(C)(C)C)nn1)(OC)OC. The van der Waals surface area contributed by atoms with Crippen LogP contribution >= 0.6 is 0 Å². The third-order valence-electron chi connectivity index (χ3n) is 7.32. The monoisotopic (exact) mass is 676 g/mol. The van der Waals surface area contributed by atoms with Gasteiger partial charge in [0.05, 0.1) is 29.9 Å². The Morgan fingerprint density at radius 1 is 0.771 bits per heavy atom. The lowest BCUT2D eigenvalue weighted by molar-refractivity contribution is -0.231. The highest BCUT2D eigenvalue weighted by Gasteiger charge is 2.44. The van der Waals surface area contributed by atoms with Crippen LogP contribution in [0, 0.1) is 17.8 Å². The van der Waals surface area contributed by atoms with Gasteiger partial charge in [-0.1, -0.05) is 52.0 Å². The Hall–Kier alpha value is -3.99. The summed E-state index contributed by atoms with van der Waals surface area (Å²) in [5, 5.41) is 21.5. The number of pyridine rings is 1. The first-order valence-electron chi connectivity index (χ1n) is 15.8. The molecule has 0 aromatic carbocycles. The number of aromatic nitrogens is 7. The molecule has 3 rings (SSSR count). The van der Waals surface area contributed by atoms with Crippen LogP contribution in [0.5, 0.6) is 5.75 Å². The third kappa shape index (κ3) is 9.78. The van der Waals surface area contributed by atoms with Gasteiger partial charge in [-0.15, -0.1) is 10.2 Å². The van der Waals surface area contributed by atoms with Gasteiger partial charge in [0.25, 0.3) is 13.0 Å². The second-order valence-corrected chi connectivity index (χ2v) is 13.9. The minimum Gasteiger partial charge on any atom is -0.506 e. The number of aryl methyl sites for hydroxylation is 1. The molecule has 16 nitrogen and oxygen atoms in total. The van der Waals surface area contributed by atoms with Crippen LogP contribution in [0.4, 0.5) is 0 Å². The first-order chi connectivity index (χ1) is 22.9. The highest BCUT2D eigenvalue weighted by atomic mass is 16.7. The molecule has 0 aliphatic carbocycles. The maximum absolute atomic E-state index is 13.5. The van der Waals surface area contributed by atoms with Crippen LogP contribution in [0.15, 0.2) is 18.6 Å². The molecule has 48 heavy (non-hydrogen) atoms. The summed E-state index contributed by atoms with van der Waals surface area (Å²) in [4.78, 5) is 31.2. The molecule has 266 valence electrons. The van der Waals surface area contributed by atoms with E-state index >= 15 is 0 Å². The lowest BCUT2D eigenvalue weighted by Gasteiger charge is -2.28. The van der Waals surface area contributed by atoms with Gasteiger partial charge in [-0.2, -0.15) is 0 Å². The van der Waals surface area contributed by atoms with Crippen LogP contribution in [0.2, 0.25) is 0 Å². The predicted molar refractivity (Wildman–Crippen MR) is 170 cm³/mol. The number of nitrogens with zero attached hydrogens (tertiary/aromatic N) is 7. The number of esters is 2. The Labute approximate surface area is 282 Å². The summed E-state index contributed by atoms with van der Waals surface area (Å²) in [6.07, 6.45) is 4.68. The normalized spacial score (nSPS) is 12.9. The molecule has 0 amide bonds. The number of carbonyl (C=O) groups is 2. The van der Waals surface area contributed by atoms with Crippen molar-refractivity contribution >= 4 is 11.9 Å². The van der Waals surface area contributed by atoms with Crippen LogP contribution in [0.25, 0.3) is 0 Å². The highest BCUT2D eigenvalue weighted by molar-refractivity contribution is 5.79. The summed E-state index contributed by atoms with van der Waals surface area (Å²) < 4.78 is 44.4. The van der Waals surface area contributed by atoms with Gasteiger partial charge in [-0.3, -0.25) is 14.3 Å². The lowest BCUT2D eigenvalue weighted by Crippen LogP contribution is -2.46. The van der Waals surface area contributed by atoms with Gasteiger partial charge >= 0.3 is 11.9 Å². The molecule has 3 aromatic rings. The number of ether oxygens (including phenoxy) is 6. The maximum Gasteiger partial charge on any atom is 0.367 e. The molecule has 16 heteroatoms. The Morgan fingerprint density at radius 2 is 1.21 bits per heavy atom. The molecule has 0 bridgehead atoms. The van der Waals surface area contributed by atoms with Crippen molar-refractivity contribution in [2.24, 2.45) is 10.8 Å². The number of hydrogen-bond donors (Lipinski definition) is 1. The summed E-state index contributed by atoms with van der Waals surface area (Å²) in [5.74, 6) is -5.39. The smallest absolute Gasteiger partial charge is 0.367 e. The fourth-order valence-corrected chi connectivity index (χ4v) is 4.83. The third-order valence-corrected chi connectivity index (χ3v) is 7.32. The number of methoxy groups -OCH3 is 4. The van der Waals surface area contributed by atoms with Crippen molar-refractivity contribution < 1.29 is 43.1 Å². The van der Waals surface area contributed by atoms with E-state index in [1.165, 1.54) is 34.6 Å². The van der Waals surface area contributed by atoms with Crippen LogP contribution < -0.4 is 0 Å². The number of rotatable bonds is 17. The molecular formula is C32H49N7O9. The quantitative estimate of drug-likeness (QED) is 0.163. The number of hydrogen-bond acceptors (Lipinski definition) is 14. The second-order valence-electron chi connectivity index (χ2n) is 13.9. The van der Waals surface area contributed by atoms with E-state index in [2.05, 4.69) is 67.2 Å². The summed E-state index contributed by atoms with van der Waals surface area (Å²) in [6, 6.07) is 0. The standard InChI is InChI=1S/C32H49N7O9/c1-21-26(40)25(18-48-28(42)32(45-10,46-11)13-24-16-39(37-35-24)20-30(5,6)7)22(14-33-21)17-47-27(41)31(43-8,44-9)12-23-15-38(36-34-23)19-29(2,3)4/h14-16,40H,12-13,17-20H2,1-11H3/i/hD. The zero-order valence-electron chi connectivity index (χ0n) is 30.8. The van der Waals surface area contributed by atoms with Crippen LogP contribution in [0.1, 0.15) is 69.8 Å². The van der Waals surface area contributed by atoms with Crippen LogP contribution in [-0.4, -0.2) is 93.5 Å². The van der Waals surface area contributed by atoms with Gasteiger partial charge in [-0.25, -0.2) is 9.59 Å². The minimum absolute atomic E-state index is 0.0205. The summed E-state index contributed by atoms with van der Waals surface area (Å²) >= 11 is 0. The molecule has 3 heterocycles. The molecule has 1 N–H and O–H groups in total. The molecule has 3 aromatic heterocycles. The molecular weight excluding hydrogens is 626 g/mol. The zero-order valence-corrected chi connectivity index (χ0v) is 29.8. The van der Waals surface area contributed by atoms with Crippen molar-refractivity contribution in [3.63, 3.8) is 0 Å². The van der Waals surface area contributed by atoms with Crippen molar-refractivity contribution in [1.29, 1.82) is 1.43 Å². The van der Waals surface area contributed by atoms with Crippen LogP contribution in [0.3, 0.4) is 0 Å². The Bertz CT molecular complexity index is 1550. The molecule has 0 saturated heterocycles. The van der Waals surface area contributed by atoms with Gasteiger partial charge in [0.15, 0.2) is 0 Å². The van der Waals surface area contributed by atoms with Gasteiger partial charge in [0.2, 0.25) is 0 Å². The first kappa shape index (κ1) is 36.8. The molecule has 0 aliphatic heterocycles. The van der Waals surface area contributed by atoms with Gasteiger partial charge < -0.3 is 33.5 Å². The highest BCUT2D eigenvalue weighted by Crippen LogP contribution is 2.29. The van der Waals surface area contributed by atoms with Crippen molar-refractivity contribution in [2.75, 3.05) is 28.4 Å². The van der Waals surface area contributed by atoms with E-state index in [1.807, 2.05) is 0 Å². The summed E-state index contributed by atoms with van der Waals surface area (Å²) in [7, 11) is 5.26. The minimum atomic E-state index is -1.86. The molecule has 0 fully saturated rings. The van der Waals surface area contributed by atoms with E-state index in [1.54, 1.807) is 28.7 Å². The predicted octanol–water partition coefficient (Wildman–Crippen LogP) is 2.92. The van der Waals surface area contributed by atoms with E-state index < -0.39 is 30.1 Å². The van der Waals surface area contributed by atoms with Gasteiger partial charge in [0.1, 0.15) is 19.0 Å². The number of carbonyl (C=O) groups excluding carboxylic acids is 2. The Balaban J connectivity index is 1.79. The molecule has 0 saturated carbocycles. The van der Waals surface area contributed by atoms with E-state index in [0.717, 1.165) is 0 Å². The fraction of sp³-hybridized carbons (Fsp3) is 0.656. The van der Waals surface area contributed by atoms with E-state index in [0.29, 0.717) is 35.7 Å². The molecule has 0 atom stereocenters. The van der Waals surface area contributed by atoms with E-state index in [-0.39, 0.29) is 41.6 Å². The zero-order chi connectivity index (χ0) is 36.6. The average Bonchev–Trinajstić information content (AvgIpc) is 3.66. The van der Waals surface area contributed by atoms with Gasteiger partial charge in [0, 0.05) is 71.2 Å². The lowest BCUT2D eigenvalue weighted by atomic mass is 9.97. The van der Waals surface area contributed by atoms with Crippen molar-refractivity contribution in [2.45, 2.75) is 99.2 Å². The topological polar surface area (TPSA) is 184 Å². The van der Waals surface area contributed by atoms with E-state index in [9.17, 15) is 9.59 Å². The Kier molecular flexibility index (Phi) is 11.9. The first-order valence-corrected chi connectivity index (χ1v) is 15.4. The molecule has 0 unspecified atom stereocenters. The largest absolute Gasteiger partial charge is 0.506 e. The molecule has 0 radical (unpaired) electrons. The Morgan fingerprint density at radius 3 is 1.60 bits per heavy atom. The van der Waals surface area contributed by atoms with Crippen molar-refractivity contribution in [3.8, 4) is 5.75 Å². The second kappa shape index (κ2) is 15.5. The fourth-order valence-electron chi connectivity index (χ4n) is 4.83. The van der Waals surface area contributed by atoms with Crippen LogP contribution in [-0.2, 0) is 77.2 Å². The summed E-state index contributed by atoms with van der Waals surface area (Å²) in [5.41, 5.74) is 1.71. The van der Waals surface area contributed by atoms with E-state index in [4.69, 9.17) is 35.0 Å². The van der Waals surface area contributed by atoms with Crippen molar-refractivity contribution in [1.82, 2.24) is 35.0 Å². The van der Waals surface area contributed by atoms with Crippen molar-refractivity contribution in [3.05, 3.63) is 46.8 Å². The molecule has 0 aliphatic rings. The molecule has 0 spiro atoms. The van der Waals surface area contributed by atoms with Gasteiger partial charge in [-0.05, 0) is 17.8 Å². The summed E-state index contributed by atoms with van der Waals surface area (Å²) in [6.45, 7) is 14.5.